The number of hydrogen-bond acceptors (Lipinski definition) is 8. The van der Waals surface area contributed by atoms with Crippen molar-refractivity contribution in [1.82, 2.24) is 0 Å². The standard InChI is InChI=1S/C16H26O7S/c1-6-7-24-16-15(22-12(5)19)9(2)14(21-11(4)18)13(23-16)8-20-10(3)17/h9,13-16H,6-8H2,1-5H3/t9?,13?,14-,15?,16-/m1/s1. The third-order valence-corrected chi connectivity index (χ3v) is 4.87. The number of thioether (sulfide) groups is 1. The van der Waals surface area contributed by atoms with Gasteiger partial charge in [0.05, 0.1) is 0 Å². The minimum atomic E-state index is -0.662. The monoisotopic (exact) mass is 362 g/mol. The largest absolute Gasteiger partial charge is 0.463 e. The average Bonchev–Trinajstić information content (AvgIpc) is 2.48. The molecule has 1 fully saturated rings. The number of rotatable bonds is 7. The highest BCUT2D eigenvalue weighted by atomic mass is 32.2. The first-order valence-corrected chi connectivity index (χ1v) is 9.06. The van der Waals surface area contributed by atoms with E-state index in [0.29, 0.717) is 0 Å². The van der Waals surface area contributed by atoms with Gasteiger partial charge in [0.2, 0.25) is 0 Å². The van der Waals surface area contributed by atoms with Crippen LogP contribution in [-0.2, 0) is 33.3 Å². The molecular formula is C16H26O7S. The van der Waals surface area contributed by atoms with E-state index in [4.69, 9.17) is 18.9 Å². The molecule has 1 aliphatic heterocycles. The Hall–Kier alpha value is -1.28. The Morgan fingerprint density at radius 2 is 1.58 bits per heavy atom. The molecule has 24 heavy (non-hydrogen) atoms. The molecule has 0 N–H and O–H groups in total. The van der Waals surface area contributed by atoms with E-state index in [2.05, 4.69) is 0 Å². The Kier molecular flexibility index (Phi) is 8.55. The Morgan fingerprint density at radius 3 is 2.08 bits per heavy atom. The van der Waals surface area contributed by atoms with Gasteiger partial charge in [-0.3, -0.25) is 14.4 Å². The second kappa shape index (κ2) is 9.88. The highest BCUT2D eigenvalue weighted by Gasteiger charge is 2.47. The van der Waals surface area contributed by atoms with E-state index in [1.165, 1.54) is 32.5 Å². The van der Waals surface area contributed by atoms with Gasteiger partial charge in [0.25, 0.3) is 0 Å². The molecule has 138 valence electrons. The first-order valence-electron chi connectivity index (χ1n) is 8.01. The zero-order valence-corrected chi connectivity index (χ0v) is 15.6. The Bertz CT molecular complexity index is 452. The summed E-state index contributed by atoms with van der Waals surface area (Å²) >= 11 is 1.53. The molecular weight excluding hydrogens is 336 g/mol. The lowest BCUT2D eigenvalue weighted by molar-refractivity contribution is -0.212. The molecule has 0 saturated carbocycles. The molecule has 0 bridgehead atoms. The van der Waals surface area contributed by atoms with Gasteiger partial charge in [-0.25, -0.2) is 0 Å². The van der Waals surface area contributed by atoms with Crippen molar-refractivity contribution in [2.45, 2.75) is 64.8 Å². The number of ether oxygens (including phenoxy) is 4. The molecule has 0 radical (unpaired) electrons. The van der Waals surface area contributed by atoms with Gasteiger partial charge in [-0.05, 0) is 12.2 Å². The number of esters is 3. The third-order valence-electron chi connectivity index (χ3n) is 3.52. The van der Waals surface area contributed by atoms with Crippen LogP contribution in [0.25, 0.3) is 0 Å². The zero-order valence-electron chi connectivity index (χ0n) is 14.8. The van der Waals surface area contributed by atoms with Crippen molar-refractivity contribution in [3.63, 3.8) is 0 Å². The fraction of sp³-hybridized carbons (Fsp3) is 0.812. The fourth-order valence-electron chi connectivity index (χ4n) is 2.53. The van der Waals surface area contributed by atoms with E-state index in [-0.39, 0.29) is 12.5 Å². The van der Waals surface area contributed by atoms with Gasteiger partial charge < -0.3 is 18.9 Å². The maximum atomic E-state index is 11.4. The molecule has 0 aromatic carbocycles. The Morgan fingerprint density at radius 1 is 1.00 bits per heavy atom. The van der Waals surface area contributed by atoms with Crippen LogP contribution in [0, 0.1) is 5.92 Å². The molecule has 5 atom stereocenters. The molecule has 1 rings (SSSR count). The quantitative estimate of drug-likeness (QED) is 0.501. The van der Waals surface area contributed by atoms with Crippen LogP contribution in [0.1, 0.15) is 41.0 Å². The summed E-state index contributed by atoms with van der Waals surface area (Å²) in [6, 6.07) is 0. The van der Waals surface area contributed by atoms with Crippen molar-refractivity contribution in [2.24, 2.45) is 5.92 Å². The first kappa shape index (κ1) is 20.8. The summed E-state index contributed by atoms with van der Waals surface area (Å²) in [6.45, 7) is 7.79. The van der Waals surface area contributed by atoms with E-state index in [0.717, 1.165) is 12.2 Å². The van der Waals surface area contributed by atoms with Crippen LogP contribution >= 0.6 is 11.8 Å². The predicted octanol–water partition coefficient (Wildman–Crippen LogP) is 1.92. The van der Waals surface area contributed by atoms with Crippen molar-refractivity contribution in [3.05, 3.63) is 0 Å². The minimum Gasteiger partial charge on any atom is -0.463 e. The van der Waals surface area contributed by atoms with Crippen LogP contribution in [0.2, 0.25) is 0 Å². The summed E-state index contributed by atoms with van der Waals surface area (Å²) in [5.74, 6) is -0.788. The molecule has 1 aliphatic rings. The fourth-order valence-corrected chi connectivity index (χ4v) is 3.71. The molecule has 0 amide bonds. The van der Waals surface area contributed by atoms with E-state index in [9.17, 15) is 14.4 Å². The van der Waals surface area contributed by atoms with Gasteiger partial charge in [0, 0.05) is 26.7 Å². The van der Waals surface area contributed by atoms with Crippen molar-refractivity contribution >= 4 is 29.7 Å². The van der Waals surface area contributed by atoms with Crippen molar-refractivity contribution in [1.29, 1.82) is 0 Å². The second-order valence-corrected chi connectivity index (χ2v) is 6.93. The zero-order chi connectivity index (χ0) is 18.3. The van der Waals surface area contributed by atoms with E-state index >= 15 is 0 Å². The van der Waals surface area contributed by atoms with Crippen molar-refractivity contribution < 1.29 is 33.3 Å². The van der Waals surface area contributed by atoms with Gasteiger partial charge in [-0.15, -0.1) is 11.8 Å². The number of carbonyl (C=O) groups is 3. The molecule has 7 nitrogen and oxygen atoms in total. The SMILES string of the molecule is CCCS[C@H]1OC(COC(C)=O)[C@H](OC(C)=O)C(C)C1OC(C)=O. The van der Waals surface area contributed by atoms with E-state index in [1.54, 1.807) is 0 Å². The van der Waals surface area contributed by atoms with Crippen LogP contribution in [0.3, 0.4) is 0 Å². The molecule has 1 heterocycles. The molecule has 1 saturated heterocycles. The van der Waals surface area contributed by atoms with Gasteiger partial charge in [0.1, 0.15) is 30.4 Å². The number of carbonyl (C=O) groups excluding carboxylic acids is 3. The maximum Gasteiger partial charge on any atom is 0.303 e. The van der Waals surface area contributed by atoms with Crippen LogP contribution in [0.15, 0.2) is 0 Å². The molecule has 0 spiro atoms. The van der Waals surface area contributed by atoms with Crippen LogP contribution < -0.4 is 0 Å². The van der Waals surface area contributed by atoms with Crippen molar-refractivity contribution in [3.8, 4) is 0 Å². The third kappa shape index (κ3) is 6.32. The first-order chi connectivity index (χ1) is 11.3. The predicted molar refractivity (Wildman–Crippen MR) is 88.3 cm³/mol. The van der Waals surface area contributed by atoms with Gasteiger partial charge in [-0.1, -0.05) is 13.8 Å². The summed E-state index contributed by atoms with van der Waals surface area (Å²) < 4.78 is 21.8. The Balaban J connectivity index is 2.98. The van der Waals surface area contributed by atoms with Crippen molar-refractivity contribution in [2.75, 3.05) is 12.4 Å². The highest BCUT2D eigenvalue weighted by Crippen LogP contribution is 2.36. The lowest BCUT2D eigenvalue weighted by Gasteiger charge is -2.43. The molecule has 8 heteroatoms. The maximum absolute atomic E-state index is 11.4. The summed E-state index contributed by atoms with van der Waals surface area (Å²) in [6.07, 6.45) is -0.871. The van der Waals surface area contributed by atoms with Gasteiger partial charge >= 0.3 is 17.9 Å². The van der Waals surface area contributed by atoms with E-state index in [1.807, 2.05) is 13.8 Å². The summed E-state index contributed by atoms with van der Waals surface area (Å²) in [7, 11) is 0. The topological polar surface area (TPSA) is 88.1 Å². The summed E-state index contributed by atoms with van der Waals surface area (Å²) in [4.78, 5) is 34.0. The second-order valence-electron chi connectivity index (χ2n) is 5.72. The van der Waals surface area contributed by atoms with Crippen LogP contribution in [0.5, 0.6) is 0 Å². The minimum absolute atomic E-state index is 0.0202. The Labute approximate surface area is 146 Å². The van der Waals surface area contributed by atoms with Crippen LogP contribution in [-0.4, -0.2) is 54.0 Å². The molecule has 3 unspecified atom stereocenters. The summed E-state index contributed by atoms with van der Waals surface area (Å²) in [5.41, 5.74) is -0.406. The highest BCUT2D eigenvalue weighted by molar-refractivity contribution is 7.99. The average molecular weight is 362 g/mol. The van der Waals surface area contributed by atoms with Crippen LogP contribution in [0.4, 0.5) is 0 Å². The normalized spacial score (nSPS) is 29.6. The smallest absolute Gasteiger partial charge is 0.303 e. The number of hydrogen-bond donors (Lipinski definition) is 0. The lowest BCUT2D eigenvalue weighted by Crippen LogP contribution is -2.56. The molecule has 0 aromatic rings. The summed E-state index contributed by atoms with van der Waals surface area (Å²) in [5, 5.41) is 0. The van der Waals surface area contributed by atoms with Gasteiger partial charge in [-0.2, -0.15) is 0 Å². The van der Waals surface area contributed by atoms with E-state index < -0.39 is 41.7 Å². The molecule has 0 aliphatic carbocycles. The molecule has 0 aromatic heterocycles. The van der Waals surface area contributed by atoms with Gasteiger partial charge in [0.15, 0.2) is 0 Å². The lowest BCUT2D eigenvalue weighted by atomic mass is 9.91.